The van der Waals surface area contributed by atoms with E-state index in [9.17, 15) is 4.79 Å². The Kier molecular flexibility index (Phi) is 6.69. The molecule has 1 heterocycles. The highest BCUT2D eigenvalue weighted by Gasteiger charge is 2.15. The summed E-state index contributed by atoms with van der Waals surface area (Å²) in [5, 5.41) is 0. The monoisotopic (exact) mass is 330 g/mol. The lowest BCUT2D eigenvalue weighted by atomic mass is 10.2. The third kappa shape index (κ3) is 5.03. The molecule has 0 N–H and O–H groups in total. The molecule has 24 heavy (non-hydrogen) atoms. The van der Waals surface area contributed by atoms with Crippen molar-refractivity contribution >= 4 is 5.97 Å². The highest BCUT2D eigenvalue weighted by molar-refractivity contribution is 5.77. The lowest BCUT2D eigenvalue weighted by Gasteiger charge is -2.11. The molecule has 1 aromatic heterocycles. The average Bonchev–Trinajstić information content (AvgIpc) is 2.61. The Morgan fingerprint density at radius 1 is 1.08 bits per heavy atom. The van der Waals surface area contributed by atoms with Crippen LogP contribution in [0, 0.1) is 0 Å². The predicted molar refractivity (Wildman–Crippen MR) is 90.0 cm³/mol. The topological polar surface area (TPSA) is 70.5 Å². The fourth-order valence-corrected chi connectivity index (χ4v) is 1.95. The summed E-state index contributed by atoms with van der Waals surface area (Å²) in [6, 6.07) is 7.01. The molecular formula is C18H22N2O4. The first-order chi connectivity index (χ1) is 11.6. The van der Waals surface area contributed by atoms with Crippen molar-refractivity contribution in [3.8, 4) is 22.9 Å². The number of hydrogen-bond donors (Lipinski definition) is 0. The maximum atomic E-state index is 11.8. The molecule has 6 nitrogen and oxygen atoms in total. The van der Waals surface area contributed by atoms with Gasteiger partial charge in [0.25, 0.3) is 0 Å². The lowest BCUT2D eigenvalue weighted by molar-refractivity contribution is -0.145. The van der Waals surface area contributed by atoms with Gasteiger partial charge in [0.05, 0.1) is 19.0 Å². The van der Waals surface area contributed by atoms with Gasteiger partial charge in [-0.2, -0.15) is 0 Å². The predicted octanol–water partition coefficient (Wildman–Crippen LogP) is 3.26. The number of nitrogens with zero attached hydrogens (tertiary/aromatic N) is 2. The number of carbonyl (C=O) groups is 1. The number of ether oxygens (including phenoxy) is 3. The number of carbonyl (C=O) groups excluding carboxylic acids is 1. The van der Waals surface area contributed by atoms with Gasteiger partial charge in [0.1, 0.15) is 5.75 Å². The molecule has 0 saturated carbocycles. The maximum Gasteiger partial charge on any atom is 0.340 e. The van der Waals surface area contributed by atoms with E-state index in [-0.39, 0.29) is 0 Å². The van der Waals surface area contributed by atoms with Gasteiger partial charge in [0, 0.05) is 12.2 Å². The van der Waals surface area contributed by atoms with Crippen molar-refractivity contribution in [1.29, 1.82) is 0 Å². The normalized spacial score (nSPS) is 11.8. The molecule has 0 saturated heterocycles. The van der Waals surface area contributed by atoms with Gasteiger partial charge >= 0.3 is 5.97 Å². The number of rotatable bonds is 8. The minimum atomic E-state index is -0.589. The van der Waals surface area contributed by atoms with E-state index in [0.29, 0.717) is 30.5 Å². The zero-order valence-electron chi connectivity index (χ0n) is 14.2. The van der Waals surface area contributed by atoms with Gasteiger partial charge < -0.3 is 14.2 Å². The molecule has 0 bridgehead atoms. The van der Waals surface area contributed by atoms with E-state index >= 15 is 0 Å². The standard InChI is InChI=1S/C18H22N2O4/c1-4-10-23-16-11-19-17(20-12-16)14-6-8-15(9-7-14)24-18(21)13(3)22-5-2/h6-9,11-13H,4-5,10H2,1-3H3. The smallest absolute Gasteiger partial charge is 0.340 e. The maximum absolute atomic E-state index is 11.8. The van der Waals surface area contributed by atoms with Gasteiger partial charge in [-0.15, -0.1) is 0 Å². The largest absolute Gasteiger partial charge is 0.490 e. The van der Waals surface area contributed by atoms with E-state index in [0.717, 1.165) is 12.0 Å². The number of aromatic nitrogens is 2. The van der Waals surface area contributed by atoms with Crippen LogP contribution in [0.1, 0.15) is 27.2 Å². The molecule has 0 aliphatic carbocycles. The molecule has 0 spiro atoms. The van der Waals surface area contributed by atoms with Crippen LogP contribution in [0.4, 0.5) is 0 Å². The van der Waals surface area contributed by atoms with Crippen molar-refractivity contribution in [2.45, 2.75) is 33.3 Å². The molecule has 1 atom stereocenters. The summed E-state index contributed by atoms with van der Waals surface area (Å²) in [7, 11) is 0. The Hall–Kier alpha value is -2.47. The molecule has 128 valence electrons. The summed E-state index contributed by atoms with van der Waals surface area (Å²) >= 11 is 0. The second kappa shape index (κ2) is 8.98. The average molecular weight is 330 g/mol. The Bertz CT molecular complexity index is 641. The molecule has 2 aromatic rings. The van der Waals surface area contributed by atoms with Gasteiger partial charge in [-0.25, -0.2) is 14.8 Å². The van der Waals surface area contributed by atoms with E-state index in [1.807, 2.05) is 13.8 Å². The van der Waals surface area contributed by atoms with Crippen LogP contribution in [0.5, 0.6) is 11.5 Å². The summed E-state index contributed by atoms with van der Waals surface area (Å²) < 4.78 is 15.9. The number of esters is 1. The van der Waals surface area contributed by atoms with E-state index < -0.39 is 12.1 Å². The van der Waals surface area contributed by atoms with Crippen molar-refractivity contribution in [1.82, 2.24) is 9.97 Å². The Morgan fingerprint density at radius 3 is 2.33 bits per heavy atom. The minimum Gasteiger partial charge on any atom is -0.490 e. The van der Waals surface area contributed by atoms with Crippen LogP contribution < -0.4 is 9.47 Å². The van der Waals surface area contributed by atoms with Crippen molar-refractivity contribution < 1.29 is 19.0 Å². The van der Waals surface area contributed by atoms with Crippen LogP contribution in [0.2, 0.25) is 0 Å². The van der Waals surface area contributed by atoms with Gasteiger partial charge in [-0.1, -0.05) is 6.92 Å². The Labute approximate surface area is 141 Å². The van der Waals surface area contributed by atoms with E-state index in [4.69, 9.17) is 14.2 Å². The molecule has 0 aliphatic rings. The van der Waals surface area contributed by atoms with Crippen molar-refractivity contribution in [2.75, 3.05) is 13.2 Å². The zero-order chi connectivity index (χ0) is 17.4. The molecule has 0 aliphatic heterocycles. The van der Waals surface area contributed by atoms with Crippen LogP contribution in [0.15, 0.2) is 36.7 Å². The molecule has 0 amide bonds. The highest BCUT2D eigenvalue weighted by Crippen LogP contribution is 2.20. The van der Waals surface area contributed by atoms with Gasteiger partial charge in [-0.05, 0) is 44.5 Å². The summed E-state index contributed by atoms with van der Waals surface area (Å²) in [5.74, 6) is 1.27. The summed E-state index contributed by atoms with van der Waals surface area (Å²) in [6.45, 7) is 6.64. The molecule has 2 rings (SSSR count). The summed E-state index contributed by atoms with van der Waals surface area (Å²) in [4.78, 5) is 20.4. The zero-order valence-corrected chi connectivity index (χ0v) is 14.2. The number of benzene rings is 1. The van der Waals surface area contributed by atoms with Crippen molar-refractivity contribution in [3.63, 3.8) is 0 Å². The Morgan fingerprint density at radius 2 is 1.75 bits per heavy atom. The SMILES string of the molecule is CCCOc1cnc(-c2ccc(OC(=O)C(C)OCC)cc2)nc1. The van der Waals surface area contributed by atoms with Gasteiger partial charge in [0.15, 0.2) is 17.7 Å². The van der Waals surface area contributed by atoms with Crippen molar-refractivity contribution in [3.05, 3.63) is 36.7 Å². The summed E-state index contributed by atoms with van der Waals surface area (Å²) in [5.41, 5.74) is 0.828. The molecule has 0 radical (unpaired) electrons. The van der Waals surface area contributed by atoms with Crippen LogP contribution in [-0.4, -0.2) is 35.3 Å². The fourth-order valence-electron chi connectivity index (χ4n) is 1.95. The fraction of sp³-hybridized carbons (Fsp3) is 0.389. The van der Waals surface area contributed by atoms with Gasteiger partial charge in [0.2, 0.25) is 0 Å². The van der Waals surface area contributed by atoms with E-state index in [1.165, 1.54) is 0 Å². The molecular weight excluding hydrogens is 308 g/mol. The van der Waals surface area contributed by atoms with Gasteiger partial charge in [-0.3, -0.25) is 0 Å². The molecule has 1 unspecified atom stereocenters. The van der Waals surface area contributed by atoms with E-state index in [1.54, 1.807) is 43.6 Å². The minimum absolute atomic E-state index is 0.418. The van der Waals surface area contributed by atoms with Crippen LogP contribution in [-0.2, 0) is 9.53 Å². The Balaban J connectivity index is 1.99. The summed E-state index contributed by atoms with van der Waals surface area (Å²) in [6.07, 6.45) is 3.64. The number of hydrogen-bond acceptors (Lipinski definition) is 6. The van der Waals surface area contributed by atoms with Crippen LogP contribution in [0.25, 0.3) is 11.4 Å². The molecule has 0 fully saturated rings. The van der Waals surface area contributed by atoms with E-state index in [2.05, 4.69) is 9.97 Å². The lowest BCUT2D eigenvalue weighted by Crippen LogP contribution is -2.25. The first kappa shape index (κ1) is 17.9. The third-order valence-corrected chi connectivity index (χ3v) is 3.18. The van der Waals surface area contributed by atoms with Crippen LogP contribution >= 0.6 is 0 Å². The second-order valence-corrected chi connectivity index (χ2v) is 5.13. The first-order valence-corrected chi connectivity index (χ1v) is 8.02. The highest BCUT2D eigenvalue weighted by atomic mass is 16.6. The van der Waals surface area contributed by atoms with Crippen LogP contribution in [0.3, 0.4) is 0 Å². The van der Waals surface area contributed by atoms with Crippen molar-refractivity contribution in [2.24, 2.45) is 0 Å². The second-order valence-electron chi connectivity index (χ2n) is 5.13. The molecule has 6 heteroatoms. The first-order valence-electron chi connectivity index (χ1n) is 8.02. The third-order valence-electron chi connectivity index (χ3n) is 3.18. The quantitative estimate of drug-likeness (QED) is 0.546. The molecule has 1 aromatic carbocycles.